The van der Waals surface area contributed by atoms with Gasteiger partial charge in [-0.05, 0) is 37.1 Å². The first-order chi connectivity index (χ1) is 13.3. The molecule has 4 atom stereocenters. The average molecular weight is 383 g/mol. The van der Waals surface area contributed by atoms with E-state index in [1.807, 2.05) is 11.4 Å². The number of anilines is 3. The summed E-state index contributed by atoms with van der Waals surface area (Å²) in [5.74, 6) is 2.06. The topological polar surface area (TPSA) is 102 Å². The Morgan fingerprint density at radius 3 is 2.74 bits per heavy atom. The highest BCUT2D eigenvalue weighted by Crippen LogP contribution is 2.48. The van der Waals surface area contributed by atoms with Crippen molar-refractivity contribution in [2.75, 3.05) is 10.6 Å². The van der Waals surface area contributed by atoms with Crippen molar-refractivity contribution in [2.45, 2.75) is 56.5 Å². The van der Waals surface area contributed by atoms with E-state index in [4.69, 9.17) is 9.97 Å². The van der Waals surface area contributed by atoms with E-state index in [1.54, 1.807) is 17.4 Å². The molecule has 3 aliphatic heterocycles. The van der Waals surface area contributed by atoms with Crippen LogP contribution in [0.1, 0.15) is 31.4 Å². The zero-order valence-electron chi connectivity index (χ0n) is 14.7. The highest BCUT2D eigenvalue weighted by atomic mass is 32.1. The van der Waals surface area contributed by atoms with Crippen LogP contribution in [0.3, 0.4) is 0 Å². The first-order valence-electron chi connectivity index (χ1n) is 9.48. The van der Waals surface area contributed by atoms with E-state index < -0.39 is 0 Å². The molecule has 0 bridgehead atoms. The smallest absolute Gasteiger partial charge is 0.226 e. The first kappa shape index (κ1) is 15.8. The lowest BCUT2D eigenvalue weighted by Crippen LogP contribution is -2.73. The minimum Gasteiger partial charge on any atom is -0.390 e. The molecule has 27 heavy (non-hydrogen) atoms. The normalized spacial score (nSPS) is 29.1. The number of H-pyrrole nitrogens is 1. The number of aromatic amines is 1. The molecule has 4 N–H and O–H groups in total. The maximum atomic E-state index is 9.22. The van der Waals surface area contributed by atoms with Gasteiger partial charge in [-0.1, -0.05) is 0 Å². The second-order valence-corrected chi connectivity index (χ2v) is 8.68. The molecule has 0 aliphatic carbocycles. The van der Waals surface area contributed by atoms with E-state index in [1.165, 1.54) is 25.7 Å². The molecule has 0 saturated carbocycles. The zero-order valence-corrected chi connectivity index (χ0v) is 15.5. The molecule has 9 heteroatoms. The number of aromatic nitrogens is 4. The molecule has 0 radical (unpaired) electrons. The fourth-order valence-corrected chi connectivity index (χ4v) is 5.73. The van der Waals surface area contributed by atoms with Gasteiger partial charge in [-0.2, -0.15) is 10.1 Å². The summed E-state index contributed by atoms with van der Waals surface area (Å²) in [4.78, 5) is 13.1. The number of hydrogen-bond acceptors (Lipinski definition) is 8. The monoisotopic (exact) mass is 383 g/mol. The van der Waals surface area contributed by atoms with Gasteiger partial charge >= 0.3 is 0 Å². The number of nitrogens with zero attached hydrogens (tertiary/aromatic N) is 4. The van der Waals surface area contributed by atoms with Gasteiger partial charge in [0.1, 0.15) is 10.6 Å². The molecule has 3 aliphatic rings. The van der Waals surface area contributed by atoms with Gasteiger partial charge < -0.3 is 15.7 Å². The lowest BCUT2D eigenvalue weighted by Gasteiger charge is -2.66. The summed E-state index contributed by atoms with van der Waals surface area (Å²) >= 11 is 1.61. The third-order valence-electron chi connectivity index (χ3n) is 6.17. The lowest BCUT2D eigenvalue weighted by atomic mass is 9.68. The van der Waals surface area contributed by atoms with Crippen molar-refractivity contribution in [3.63, 3.8) is 0 Å². The van der Waals surface area contributed by atoms with Crippen molar-refractivity contribution < 1.29 is 5.11 Å². The van der Waals surface area contributed by atoms with E-state index in [9.17, 15) is 5.11 Å². The van der Waals surface area contributed by atoms with Crippen LogP contribution in [0.2, 0.25) is 0 Å². The molecule has 0 amide bonds. The van der Waals surface area contributed by atoms with Crippen molar-refractivity contribution >= 4 is 39.1 Å². The highest BCUT2D eigenvalue weighted by Gasteiger charge is 2.54. The van der Waals surface area contributed by atoms with Gasteiger partial charge in [-0.3, -0.25) is 10.00 Å². The maximum Gasteiger partial charge on any atom is 0.226 e. The van der Waals surface area contributed by atoms with Crippen LogP contribution >= 0.6 is 11.3 Å². The van der Waals surface area contributed by atoms with Crippen LogP contribution in [-0.2, 0) is 6.61 Å². The zero-order chi connectivity index (χ0) is 18.0. The van der Waals surface area contributed by atoms with Crippen LogP contribution in [0.25, 0.3) is 10.2 Å². The largest absolute Gasteiger partial charge is 0.390 e. The van der Waals surface area contributed by atoms with Crippen LogP contribution in [-0.4, -0.2) is 54.3 Å². The van der Waals surface area contributed by atoms with Crippen LogP contribution in [0, 0.1) is 0 Å². The summed E-state index contributed by atoms with van der Waals surface area (Å²) in [6.07, 6.45) is 5.08. The minimum absolute atomic E-state index is 0.0684. The summed E-state index contributed by atoms with van der Waals surface area (Å²) in [5.41, 5.74) is 0.664. The summed E-state index contributed by atoms with van der Waals surface area (Å²) in [6, 6.07) is 6.63. The van der Waals surface area contributed by atoms with E-state index in [0.717, 1.165) is 34.2 Å². The SMILES string of the molecule is OCc1cc(Nc2nc(NC3C[C@@H]4CC5C[C@H](C3)N54)nc3sccc23)n[nH]1. The summed E-state index contributed by atoms with van der Waals surface area (Å²) in [5, 5.41) is 26.1. The van der Waals surface area contributed by atoms with Gasteiger partial charge in [0.25, 0.3) is 0 Å². The molecular weight excluding hydrogens is 362 g/mol. The Labute approximate surface area is 160 Å². The third-order valence-corrected chi connectivity index (χ3v) is 6.98. The van der Waals surface area contributed by atoms with Crippen LogP contribution in [0.4, 0.5) is 17.6 Å². The van der Waals surface area contributed by atoms with E-state index >= 15 is 0 Å². The molecule has 140 valence electrons. The van der Waals surface area contributed by atoms with Crippen LogP contribution < -0.4 is 10.6 Å². The molecule has 3 saturated heterocycles. The number of nitrogens with one attached hydrogen (secondary N) is 3. The molecule has 0 aromatic carbocycles. The molecule has 6 rings (SSSR count). The maximum absolute atomic E-state index is 9.22. The minimum atomic E-state index is -0.0684. The summed E-state index contributed by atoms with van der Waals surface area (Å²) in [7, 11) is 0. The van der Waals surface area contributed by atoms with Crippen molar-refractivity contribution in [3.05, 3.63) is 23.2 Å². The van der Waals surface area contributed by atoms with Crippen molar-refractivity contribution in [3.8, 4) is 0 Å². The summed E-state index contributed by atoms with van der Waals surface area (Å²) < 4.78 is 0. The third kappa shape index (κ3) is 2.53. The summed E-state index contributed by atoms with van der Waals surface area (Å²) in [6.45, 7) is -0.0684. The second-order valence-electron chi connectivity index (χ2n) is 7.79. The number of aliphatic hydroxyl groups excluding tert-OH is 1. The van der Waals surface area contributed by atoms with Gasteiger partial charge in [0.05, 0.1) is 17.7 Å². The second kappa shape index (κ2) is 5.88. The van der Waals surface area contributed by atoms with Gasteiger partial charge in [-0.25, -0.2) is 4.98 Å². The van der Waals surface area contributed by atoms with Crippen molar-refractivity contribution in [2.24, 2.45) is 0 Å². The average Bonchev–Trinajstić information content (AvgIpc) is 3.26. The van der Waals surface area contributed by atoms with Gasteiger partial charge in [-0.15, -0.1) is 11.3 Å². The van der Waals surface area contributed by atoms with Crippen molar-refractivity contribution in [1.29, 1.82) is 0 Å². The molecule has 0 spiro atoms. The van der Waals surface area contributed by atoms with Crippen LogP contribution in [0.15, 0.2) is 17.5 Å². The number of thiophene rings is 1. The molecule has 6 heterocycles. The predicted molar refractivity (Wildman–Crippen MR) is 104 cm³/mol. The quantitative estimate of drug-likeness (QED) is 0.537. The first-order valence-corrected chi connectivity index (χ1v) is 10.4. The van der Waals surface area contributed by atoms with Crippen molar-refractivity contribution in [1.82, 2.24) is 25.1 Å². The number of aliphatic hydroxyl groups is 1. The molecule has 3 fully saturated rings. The van der Waals surface area contributed by atoms with Crippen LogP contribution in [0.5, 0.6) is 0 Å². The van der Waals surface area contributed by atoms with E-state index in [0.29, 0.717) is 23.5 Å². The fraction of sp³-hybridized carbons (Fsp3) is 0.500. The Kier molecular flexibility index (Phi) is 3.44. The number of hydrogen-bond donors (Lipinski definition) is 4. The Balaban J connectivity index is 1.26. The standard InChI is InChI=1S/C18H21N7OS/c26-8-10-5-15(24-23-10)20-16-14-1-2-27-17(14)22-18(21-16)19-9-3-11-6-13-7-12(4-9)25(11)13/h1-2,5,9,11-13,26H,3-4,6-8H2,(H3,19,20,21,22,23,24)/t9?,11-,12+,13?. The predicted octanol–water partition coefficient (Wildman–Crippen LogP) is 2.44. The van der Waals surface area contributed by atoms with Gasteiger partial charge in [0.15, 0.2) is 5.82 Å². The number of piperidine rings is 2. The fourth-order valence-electron chi connectivity index (χ4n) is 4.96. The molecular formula is C18H21N7OS. The highest BCUT2D eigenvalue weighted by molar-refractivity contribution is 7.16. The molecule has 3 aromatic rings. The lowest BCUT2D eigenvalue weighted by molar-refractivity contribution is -0.146. The molecule has 8 nitrogen and oxygen atoms in total. The van der Waals surface area contributed by atoms with Gasteiger partial charge in [0.2, 0.25) is 5.95 Å². The Morgan fingerprint density at radius 2 is 2.00 bits per heavy atom. The molecule has 3 aromatic heterocycles. The number of fused-ring (bicyclic) bond motifs is 1. The Morgan fingerprint density at radius 1 is 1.19 bits per heavy atom. The Hall–Kier alpha value is -2.23. The van der Waals surface area contributed by atoms with Gasteiger partial charge in [0, 0.05) is 30.2 Å². The van der Waals surface area contributed by atoms with E-state index in [2.05, 4.69) is 25.7 Å². The Bertz CT molecular complexity index is 985. The number of rotatable bonds is 5. The molecule has 2 unspecified atom stereocenters. The van der Waals surface area contributed by atoms with E-state index in [-0.39, 0.29) is 6.61 Å².